The van der Waals surface area contributed by atoms with Gasteiger partial charge in [0.05, 0.1) is 0 Å². The quantitative estimate of drug-likeness (QED) is 0.403. The fourth-order valence-electron chi connectivity index (χ4n) is 1.32. The summed E-state index contributed by atoms with van der Waals surface area (Å²) in [6.45, 7) is 13.2. The molecular formula is C13H26. The van der Waals surface area contributed by atoms with Gasteiger partial charge in [0.15, 0.2) is 0 Å². The summed E-state index contributed by atoms with van der Waals surface area (Å²) >= 11 is 0. The van der Waals surface area contributed by atoms with Crippen LogP contribution >= 0.6 is 0 Å². The summed E-state index contributed by atoms with van der Waals surface area (Å²) in [5.41, 5.74) is 1.72. The van der Waals surface area contributed by atoms with Crippen molar-refractivity contribution in [3.05, 3.63) is 12.2 Å². The molecule has 13 heavy (non-hydrogen) atoms. The Balaban J connectivity index is 3.38. The minimum atomic E-state index is 0.310. The monoisotopic (exact) mass is 182 g/mol. The lowest BCUT2D eigenvalue weighted by Gasteiger charge is -2.21. The Kier molecular flexibility index (Phi) is 6.11. The van der Waals surface area contributed by atoms with E-state index in [1.807, 2.05) is 0 Å². The van der Waals surface area contributed by atoms with Gasteiger partial charge in [-0.05, 0) is 18.3 Å². The highest BCUT2D eigenvalue weighted by Crippen LogP contribution is 2.27. The van der Waals surface area contributed by atoms with Gasteiger partial charge in [-0.1, -0.05) is 65.5 Å². The van der Waals surface area contributed by atoms with Crippen molar-refractivity contribution >= 4 is 0 Å². The topological polar surface area (TPSA) is 0 Å². The second-order valence-electron chi connectivity index (χ2n) is 5.02. The summed E-state index contributed by atoms with van der Waals surface area (Å²) in [6, 6.07) is 0. The van der Waals surface area contributed by atoms with Crippen molar-refractivity contribution in [3.8, 4) is 0 Å². The third kappa shape index (κ3) is 6.86. The highest BCUT2D eigenvalue weighted by atomic mass is 14.2. The highest BCUT2D eigenvalue weighted by Gasteiger charge is 2.13. The lowest BCUT2D eigenvalue weighted by atomic mass is 9.84. The number of rotatable bonds is 6. The van der Waals surface area contributed by atoms with Crippen LogP contribution in [0.4, 0.5) is 0 Å². The van der Waals surface area contributed by atoms with Crippen LogP contribution in [0.2, 0.25) is 0 Å². The maximum absolute atomic E-state index is 4.14. The lowest BCUT2D eigenvalue weighted by Crippen LogP contribution is -2.07. The van der Waals surface area contributed by atoms with E-state index in [-0.39, 0.29) is 0 Å². The Morgan fingerprint density at radius 1 is 1.00 bits per heavy atom. The SMILES string of the molecule is C=C(CCCCCCC)C(C)(C)C. The molecule has 0 aliphatic carbocycles. The molecule has 78 valence electrons. The molecule has 0 aliphatic heterocycles. The van der Waals surface area contributed by atoms with E-state index >= 15 is 0 Å². The van der Waals surface area contributed by atoms with Crippen molar-refractivity contribution < 1.29 is 0 Å². The minimum absolute atomic E-state index is 0.310. The first-order chi connectivity index (χ1) is 5.98. The third-order valence-corrected chi connectivity index (χ3v) is 2.64. The van der Waals surface area contributed by atoms with Crippen molar-refractivity contribution in [2.24, 2.45) is 5.41 Å². The molecule has 0 amide bonds. The highest BCUT2D eigenvalue weighted by molar-refractivity contribution is 5.04. The predicted molar refractivity (Wildman–Crippen MR) is 62.0 cm³/mol. The van der Waals surface area contributed by atoms with Gasteiger partial charge in [0.1, 0.15) is 0 Å². The molecule has 0 aromatic rings. The molecule has 0 bridgehead atoms. The first kappa shape index (κ1) is 12.7. The van der Waals surface area contributed by atoms with Crippen molar-refractivity contribution in [1.29, 1.82) is 0 Å². The summed E-state index contributed by atoms with van der Waals surface area (Å²) in [5.74, 6) is 0. The van der Waals surface area contributed by atoms with Crippen molar-refractivity contribution in [2.75, 3.05) is 0 Å². The molecule has 0 aromatic carbocycles. The summed E-state index contributed by atoms with van der Waals surface area (Å²) in [7, 11) is 0. The van der Waals surface area contributed by atoms with Crippen molar-refractivity contribution in [1.82, 2.24) is 0 Å². The first-order valence-electron chi connectivity index (χ1n) is 5.66. The van der Waals surface area contributed by atoms with E-state index in [1.54, 1.807) is 0 Å². The lowest BCUT2D eigenvalue weighted by molar-refractivity contribution is 0.473. The summed E-state index contributed by atoms with van der Waals surface area (Å²) in [6.07, 6.45) is 8.04. The molecule has 0 aromatic heterocycles. The van der Waals surface area contributed by atoms with E-state index in [4.69, 9.17) is 0 Å². The number of hydrogen-bond donors (Lipinski definition) is 0. The standard InChI is InChI=1S/C13H26/c1-6-7-8-9-10-11-12(2)13(3,4)5/h2,6-11H2,1,3-5H3. The molecule has 0 unspecified atom stereocenters. The van der Waals surface area contributed by atoms with Gasteiger partial charge in [-0.3, -0.25) is 0 Å². The van der Waals surface area contributed by atoms with Crippen LogP contribution in [-0.4, -0.2) is 0 Å². The summed E-state index contributed by atoms with van der Waals surface area (Å²) < 4.78 is 0. The predicted octanol–water partition coefficient (Wildman–Crippen LogP) is 4.95. The maximum Gasteiger partial charge on any atom is -0.0176 e. The molecule has 0 nitrogen and oxygen atoms in total. The van der Waals surface area contributed by atoms with E-state index in [2.05, 4.69) is 34.3 Å². The van der Waals surface area contributed by atoms with E-state index < -0.39 is 0 Å². The van der Waals surface area contributed by atoms with Crippen LogP contribution in [0.5, 0.6) is 0 Å². The molecule has 0 saturated carbocycles. The van der Waals surface area contributed by atoms with Crippen molar-refractivity contribution in [2.45, 2.75) is 66.2 Å². The van der Waals surface area contributed by atoms with Gasteiger partial charge in [-0.15, -0.1) is 0 Å². The summed E-state index contributed by atoms with van der Waals surface area (Å²) in [4.78, 5) is 0. The van der Waals surface area contributed by atoms with Gasteiger partial charge in [0.2, 0.25) is 0 Å². The van der Waals surface area contributed by atoms with Crippen LogP contribution in [-0.2, 0) is 0 Å². The molecule has 0 heteroatoms. The zero-order chi connectivity index (χ0) is 10.3. The average molecular weight is 182 g/mol. The molecule has 0 heterocycles. The van der Waals surface area contributed by atoms with Crippen LogP contribution in [0.3, 0.4) is 0 Å². The van der Waals surface area contributed by atoms with E-state index in [0.717, 1.165) is 0 Å². The zero-order valence-corrected chi connectivity index (χ0v) is 9.95. The molecule has 0 spiro atoms. The molecule has 0 fully saturated rings. The number of hydrogen-bond acceptors (Lipinski definition) is 0. The second kappa shape index (κ2) is 6.23. The molecule has 0 N–H and O–H groups in total. The van der Waals surface area contributed by atoms with Gasteiger partial charge in [-0.25, -0.2) is 0 Å². The molecule has 0 saturated heterocycles. The summed E-state index contributed by atoms with van der Waals surface area (Å²) in [5, 5.41) is 0. The maximum atomic E-state index is 4.14. The molecule has 0 atom stereocenters. The van der Waals surface area contributed by atoms with Crippen LogP contribution < -0.4 is 0 Å². The normalized spacial score (nSPS) is 11.7. The number of allylic oxidation sites excluding steroid dienone is 1. The average Bonchev–Trinajstić information content (AvgIpc) is 2.02. The van der Waals surface area contributed by atoms with E-state index in [9.17, 15) is 0 Å². The van der Waals surface area contributed by atoms with Crippen LogP contribution in [0.25, 0.3) is 0 Å². The van der Waals surface area contributed by atoms with Gasteiger partial charge in [-0.2, -0.15) is 0 Å². The van der Waals surface area contributed by atoms with Gasteiger partial charge < -0.3 is 0 Å². The Morgan fingerprint density at radius 2 is 1.54 bits per heavy atom. The zero-order valence-electron chi connectivity index (χ0n) is 9.95. The first-order valence-corrected chi connectivity index (χ1v) is 5.66. The molecule has 0 aliphatic rings. The van der Waals surface area contributed by atoms with Crippen molar-refractivity contribution in [3.63, 3.8) is 0 Å². The Labute approximate surface area is 84.4 Å². The second-order valence-corrected chi connectivity index (χ2v) is 5.02. The molecule has 0 rings (SSSR count). The number of unbranched alkanes of at least 4 members (excludes halogenated alkanes) is 4. The Hall–Kier alpha value is -0.260. The Bertz CT molecular complexity index is 137. The smallest absolute Gasteiger partial charge is 0.0176 e. The molecule has 0 radical (unpaired) electrons. The minimum Gasteiger partial charge on any atom is -0.0993 e. The van der Waals surface area contributed by atoms with Crippen LogP contribution in [0, 0.1) is 5.41 Å². The van der Waals surface area contributed by atoms with Gasteiger partial charge in [0, 0.05) is 0 Å². The van der Waals surface area contributed by atoms with Crippen LogP contribution in [0.15, 0.2) is 12.2 Å². The fraction of sp³-hybridized carbons (Fsp3) is 0.846. The van der Waals surface area contributed by atoms with E-state index in [0.29, 0.717) is 5.41 Å². The Morgan fingerprint density at radius 3 is 2.00 bits per heavy atom. The third-order valence-electron chi connectivity index (χ3n) is 2.64. The fourth-order valence-corrected chi connectivity index (χ4v) is 1.32. The van der Waals surface area contributed by atoms with Gasteiger partial charge >= 0.3 is 0 Å². The largest absolute Gasteiger partial charge is 0.0993 e. The molecular weight excluding hydrogens is 156 g/mol. The van der Waals surface area contributed by atoms with Crippen LogP contribution in [0.1, 0.15) is 66.2 Å². The van der Waals surface area contributed by atoms with E-state index in [1.165, 1.54) is 44.1 Å². The van der Waals surface area contributed by atoms with Gasteiger partial charge in [0.25, 0.3) is 0 Å².